The van der Waals surface area contributed by atoms with Crippen LogP contribution in [0.4, 0.5) is 4.79 Å². The van der Waals surface area contributed by atoms with Crippen molar-refractivity contribution in [2.45, 2.75) is 13.1 Å². The lowest BCUT2D eigenvalue weighted by molar-refractivity contribution is 0.0697. The molecule has 0 unspecified atom stereocenters. The van der Waals surface area contributed by atoms with Gasteiger partial charge in [-0.25, -0.2) is 9.59 Å². The van der Waals surface area contributed by atoms with E-state index in [0.29, 0.717) is 24.6 Å². The molecule has 0 saturated carbocycles. The van der Waals surface area contributed by atoms with Gasteiger partial charge in [-0.05, 0) is 35.4 Å². The topological polar surface area (TPSA) is 96.9 Å². The van der Waals surface area contributed by atoms with Gasteiger partial charge in [-0.3, -0.25) is 0 Å². The molecule has 0 aromatic heterocycles. The van der Waals surface area contributed by atoms with Gasteiger partial charge in [-0.2, -0.15) is 0 Å². The molecular weight excluding hydrogens is 324 g/mol. The highest BCUT2D eigenvalue weighted by atomic mass is 16.5. The maximum absolute atomic E-state index is 11.9. The van der Waals surface area contributed by atoms with Crippen LogP contribution in [0.1, 0.15) is 21.5 Å². The first-order valence-electron chi connectivity index (χ1n) is 7.58. The second-order valence-electron chi connectivity index (χ2n) is 5.23. The zero-order valence-corrected chi connectivity index (χ0v) is 14.0. The highest BCUT2D eigenvalue weighted by Crippen LogP contribution is 2.27. The number of aromatic carboxylic acids is 1. The minimum atomic E-state index is -0.979. The lowest BCUT2D eigenvalue weighted by Gasteiger charge is -2.11. The van der Waals surface area contributed by atoms with Gasteiger partial charge >= 0.3 is 12.0 Å². The third-order valence-electron chi connectivity index (χ3n) is 3.55. The standard InChI is InChI=1S/C18H20N2O5/c1-24-15-8-5-13(9-16(15)25-2)11-20-18(23)19-10-12-3-6-14(7-4-12)17(21)22/h3-9H,10-11H2,1-2H3,(H,21,22)(H2,19,20,23). The summed E-state index contributed by atoms with van der Waals surface area (Å²) in [6.45, 7) is 0.641. The molecule has 2 amide bonds. The first-order chi connectivity index (χ1) is 12.0. The summed E-state index contributed by atoms with van der Waals surface area (Å²) in [4.78, 5) is 22.7. The summed E-state index contributed by atoms with van der Waals surface area (Å²) >= 11 is 0. The van der Waals surface area contributed by atoms with Gasteiger partial charge in [0, 0.05) is 13.1 Å². The fourth-order valence-electron chi connectivity index (χ4n) is 2.18. The summed E-state index contributed by atoms with van der Waals surface area (Å²) in [6, 6.07) is 11.4. The van der Waals surface area contributed by atoms with Crippen LogP contribution in [0.5, 0.6) is 11.5 Å². The number of nitrogens with one attached hydrogen (secondary N) is 2. The van der Waals surface area contributed by atoms with E-state index in [1.54, 1.807) is 38.5 Å². The Labute approximate surface area is 145 Å². The molecule has 7 nitrogen and oxygen atoms in total. The lowest BCUT2D eigenvalue weighted by atomic mass is 10.1. The molecule has 0 atom stereocenters. The van der Waals surface area contributed by atoms with Gasteiger partial charge in [0.05, 0.1) is 19.8 Å². The van der Waals surface area contributed by atoms with E-state index in [0.717, 1.165) is 11.1 Å². The normalized spacial score (nSPS) is 10.0. The maximum Gasteiger partial charge on any atom is 0.335 e. The van der Waals surface area contributed by atoms with Crippen LogP contribution >= 0.6 is 0 Å². The fraction of sp³-hybridized carbons (Fsp3) is 0.222. The van der Waals surface area contributed by atoms with Crippen molar-refractivity contribution in [2.75, 3.05) is 14.2 Å². The summed E-state index contributed by atoms with van der Waals surface area (Å²) < 4.78 is 10.4. The second-order valence-corrected chi connectivity index (χ2v) is 5.23. The monoisotopic (exact) mass is 344 g/mol. The number of carboxylic acid groups (broad SMARTS) is 1. The smallest absolute Gasteiger partial charge is 0.335 e. The van der Waals surface area contributed by atoms with Crippen LogP contribution in [0.15, 0.2) is 42.5 Å². The summed E-state index contributed by atoms with van der Waals surface area (Å²) in [5.74, 6) is 0.244. The van der Waals surface area contributed by atoms with Crippen LogP contribution in [0.2, 0.25) is 0 Å². The molecule has 132 valence electrons. The summed E-state index contributed by atoms with van der Waals surface area (Å²) in [5.41, 5.74) is 1.89. The molecule has 0 aliphatic heterocycles. The lowest BCUT2D eigenvalue weighted by Crippen LogP contribution is -2.34. The molecule has 0 aliphatic rings. The fourth-order valence-corrected chi connectivity index (χ4v) is 2.18. The van der Waals surface area contributed by atoms with E-state index < -0.39 is 5.97 Å². The van der Waals surface area contributed by atoms with Gasteiger partial charge in [0.15, 0.2) is 11.5 Å². The summed E-state index contributed by atoms with van der Waals surface area (Å²) in [6.07, 6.45) is 0. The average molecular weight is 344 g/mol. The molecule has 0 fully saturated rings. The highest BCUT2D eigenvalue weighted by Gasteiger charge is 2.06. The summed E-state index contributed by atoms with van der Waals surface area (Å²) in [5, 5.41) is 14.3. The minimum Gasteiger partial charge on any atom is -0.493 e. The Bertz CT molecular complexity index is 744. The third kappa shape index (κ3) is 5.13. The summed E-state index contributed by atoms with van der Waals surface area (Å²) in [7, 11) is 3.11. The van der Waals surface area contributed by atoms with Crippen molar-refractivity contribution < 1.29 is 24.2 Å². The van der Waals surface area contributed by atoms with Crippen LogP contribution in [0.25, 0.3) is 0 Å². The van der Waals surface area contributed by atoms with Crippen molar-refractivity contribution >= 4 is 12.0 Å². The van der Waals surface area contributed by atoms with Crippen LogP contribution in [-0.2, 0) is 13.1 Å². The van der Waals surface area contributed by atoms with E-state index in [2.05, 4.69) is 10.6 Å². The van der Waals surface area contributed by atoms with Crippen LogP contribution in [0, 0.1) is 0 Å². The Balaban J connectivity index is 1.83. The molecule has 0 spiro atoms. The van der Waals surface area contributed by atoms with Crippen molar-refractivity contribution in [3.63, 3.8) is 0 Å². The first-order valence-corrected chi connectivity index (χ1v) is 7.58. The van der Waals surface area contributed by atoms with Crippen molar-refractivity contribution in [3.8, 4) is 11.5 Å². The Hall–Kier alpha value is -3.22. The number of carbonyl (C=O) groups is 2. The number of benzene rings is 2. The maximum atomic E-state index is 11.9. The molecule has 0 radical (unpaired) electrons. The molecule has 0 saturated heterocycles. The van der Waals surface area contributed by atoms with Crippen molar-refractivity contribution in [3.05, 3.63) is 59.2 Å². The predicted octanol–water partition coefficient (Wildman–Crippen LogP) is 2.40. The van der Waals surface area contributed by atoms with E-state index in [9.17, 15) is 9.59 Å². The predicted molar refractivity (Wildman–Crippen MR) is 92.0 cm³/mol. The van der Waals surface area contributed by atoms with Gasteiger partial charge in [-0.1, -0.05) is 18.2 Å². The van der Waals surface area contributed by atoms with Crippen molar-refractivity contribution in [1.82, 2.24) is 10.6 Å². The zero-order valence-electron chi connectivity index (χ0n) is 14.0. The number of rotatable bonds is 7. The van der Waals surface area contributed by atoms with E-state index in [1.807, 2.05) is 6.07 Å². The zero-order chi connectivity index (χ0) is 18.2. The Morgan fingerprint density at radius 1 is 0.880 bits per heavy atom. The quantitative estimate of drug-likeness (QED) is 0.717. The minimum absolute atomic E-state index is 0.210. The third-order valence-corrected chi connectivity index (χ3v) is 3.55. The SMILES string of the molecule is COc1ccc(CNC(=O)NCc2ccc(C(=O)O)cc2)cc1OC. The highest BCUT2D eigenvalue weighted by molar-refractivity contribution is 5.87. The Kier molecular flexibility index (Phi) is 6.22. The molecule has 2 aromatic carbocycles. The number of ether oxygens (including phenoxy) is 2. The van der Waals surface area contributed by atoms with Crippen molar-refractivity contribution in [2.24, 2.45) is 0 Å². The number of amides is 2. The molecule has 0 bridgehead atoms. The number of carbonyl (C=O) groups excluding carboxylic acids is 1. The molecule has 2 aromatic rings. The van der Waals surface area contributed by atoms with Gasteiger partial charge in [0.2, 0.25) is 0 Å². The molecule has 3 N–H and O–H groups in total. The van der Waals surface area contributed by atoms with Crippen molar-refractivity contribution in [1.29, 1.82) is 0 Å². The molecule has 0 heterocycles. The van der Waals surface area contributed by atoms with Gasteiger partial charge in [-0.15, -0.1) is 0 Å². The van der Waals surface area contributed by atoms with Crippen LogP contribution in [-0.4, -0.2) is 31.3 Å². The largest absolute Gasteiger partial charge is 0.493 e. The molecule has 25 heavy (non-hydrogen) atoms. The van der Waals surface area contributed by atoms with E-state index in [1.165, 1.54) is 12.1 Å². The number of urea groups is 1. The number of methoxy groups -OCH3 is 2. The molecule has 2 rings (SSSR count). The average Bonchev–Trinajstić information content (AvgIpc) is 2.64. The Morgan fingerprint density at radius 2 is 1.44 bits per heavy atom. The second kappa shape index (κ2) is 8.58. The van der Waals surface area contributed by atoms with Gasteiger partial charge < -0.3 is 25.2 Å². The van der Waals surface area contributed by atoms with E-state index in [4.69, 9.17) is 14.6 Å². The number of hydrogen-bond acceptors (Lipinski definition) is 4. The first kappa shape index (κ1) is 18.1. The molecular formula is C18H20N2O5. The van der Waals surface area contributed by atoms with E-state index in [-0.39, 0.29) is 11.6 Å². The van der Waals surface area contributed by atoms with Crippen LogP contribution in [0.3, 0.4) is 0 Å². The van der Waals surface area contributed by atoms with Gasteiger partial charge in [0.25, 0.3) is 0 Å². The number of hydrogen-bond donors (Lipinski definition) is 3. The number of carboxylic acids is 1. The van der Waals surface area contributed by atoms with Crippen LogP contribution < -0.4 is 20.1 Å². The molecule has 7 heteroatoms. The Morgan fingerprint density at radius 3 is 2.00 bits per heavy atom. The van der Waals surface area contributed by atoms with Gasteiger partial charge in [0.1, 0.15) is 0 Å². The van der Waals surface area contributed by atoms with E-state index >= 15 is 0 Å². The molecule has 0 aliphatic carbocycles.